The number of rotatable bonds is 2. The van der Waals surface area contributed by atoms with Gasteiger partial charge in [0.1, 0.15) is 16.7 Å². The molecule has 5 rings (SSSR count). The van der Waals surface area contributed by atoms with Crippen LogP contribution in [-0.2, 0) is 4.74 Å². The lowest BCUT2D eigenvalue weighted by atomic mass is 10.1. The molecule has 0 spiro atoms. The minimum atomic E-state index is -0.473. The fourth-order valence-corrected chi connectivity index (χ4v) is 3.94. The van der Waals surface area contributed by atoms with E-state index in [9.17, 15) is 4.39 Å². The van der Waals surface area contributed by atoms with Crippen LogP contribution >= 0.6 is 23.2 Å². The summed E-state index contributed by atoms with van der Waals surface area (Å²) in [6, 6.07) is 10.5. The second-order valence-corrected chi connectivity index (χ2v) is 7.53. The highest BCUT2D eigenvalue weighted by molar-refractivity contribution is 6.35. The number of halogens is 3. The van der Waals surface area contributed by atoms with E-state index in [2.05, 4.69) is 20.3 Å². The lowest BCUT2D eigenvalue weighted by Gasteiger charge is -2.29. The molecule has 148 valence electrons. The Hall–Kier alpha value is -2.61. The SMILES string of the molecule is Fc1cccc(Cl)c1C1=Nc2c(Cl)cnn2-c2cc(N3CCOCC3)ccc2N1. The summed E-state index contributed by atoms with van der Waals surface area (Å²) in [6.07, 6.45) is 1.53. The van der Waals surface area contributed by atoms with Gasteiger partial charge < -0.3 is 15.0 Å². The molecule has 0 saturated carbocycles. The Balaban J connectivity index is 1.66. The maximum atomic E-state index is 14.6. The van der Waals surface area contributed by atoms with Crippen molar-refractivity contribution in [3.8, 4) is 5.69 Å². The third-order valence-corrected chi connectivity index (χ3v) is 5.54. The number of hydrogen-bond acceptors (Lipinski definition) is 5. The molecule has 1 fully saturated rings. The van der Waals surface area contributed by atoms with Crippen molar-refractivity contribution in [2.75, 3.05) is 36.5 Å². The fraction of sp³-hybridized carbons (Fsp3) is 0.200. The van der Waals surface area contributed by atoms with Gasteiger partial charge in [-0.1, -0.05) is 29.3 Å². The largest absolute Gasteiger partial charge is 0.378 e. The van der Waals surface area contributed by atoms with E-state index in [1.54, 1.807) is 16.8 Å². The highest BCUT2D eigenvalue weighted by Gasteiger charge is 2.24. The van der Waals surface area contributed by atoms with Gasteiger partial charge >= 0.3 is 0 Å². The molecule has 1 aromatic heterocycles. The molecule has 1 N–H and O–H groups in total. The van der Waals surface area contributed by atoms with Gasteiger partial charge in [0.15, 0.2) is 5.82 Å². The zero-order valence-corrected chi connectivity index (χ0v) is 16.7. The summed E-state index contributed by atoms with van der Waals surface area (Å²) in [5.41, 5.74) is 2.71. The van der Waals surface area contributed by atoms with Gasteiger partial charge in [-0.2, -0.15) is 5.10 Å². The number of anilines is 2. The molecule has 0 unspecified atom stereocenters. The molecule has 29 heavy (non-hydrogen) atoms. The van der Waals surface area contributed by atoms with Crippen molar-refractivity contribution in [1.82, 2.24) is 9.78 Å². The molecule has 0 amide bonds. The van der Waals surface area contributed by atoms with Gasteiger partial charge in [-0.05, 0) is 30.3 Å². The van der Waals surface area contributed by atoms with Gasteiger partial charge in [-0.15, -0.1) is 0 Å². The first-order chi connectivity index (χ1) is 14.1. The maximum Gasteiger partial charge on any atom is 0.176 e. The van der Waals surface area contributed by atoms with Gasteiger partial charge in [0, 0.05) is 18.8 Å². The molecule has 6 nitrogen and oxygen atoms in total. The van der Waals surface area contributed by atoms with Gasteiger partial charge in [-0.3, -0.25) is 0 Å². The van der Waals surface area contributed by atoms with E-state index in [0.717, 1.165) is 30.2 Å². The van der Waals surface area contributed by atoms with Crippen molar-refractivity contribution in [2.45, 2.75) is 0 Å². The van der Waals surface area contributed by atoms with Gasteiger partial charge in [0.25, 0.3) is 0 Å². The Bertz CT molecular complexity index is 1100. The average molecular weight is 432 g/mol. The predicted molar refractivity (Wildman–Crippen MR) is 113 cm³/mol. The van der Waals surface area contributed by atoms with Crippen molar-refractivity contribution < 1.29 is 9.13 Å². The standard InChI is InChI=1S/C20H16Cl2FN5O/c21-13-2-1-3-15(23)18(13)19-25-16-5-4-12(27-6-8-29-9-7-27)10-17(16)28-20(26-19)14(22)11-24-28/h1-5,10-11H,6-9H2,(H,25,26). The fourth-order valence-electron chi connectivity index (χ4n) is 3.52. The summed E-state index contributed by atoms with van der Waals surface area (Å²) in [5.74, 6) is 0.209. The molecular weight excluding hydrogens is 416 g/mol. The Morgan fingerprint density at radius 3 is 2.69 bits per heavy atom. The molecule has 2 aliphatic heterocycles. The zero-order valence-electron chi connectivity index (χ0n) is 15.2. The molecule has 0 bridgehead atoms. The predicted octanol–water partition coefficient (Wildman–Crippen LogP) is 4.66. The van der Waals surface area contributed by atoms with Gasteiger partial charge in [0.2, 0.25) is 0 Å². The number of hydrogen-bond donors (Lipinski definition) is 1. The minimum absolute atomic E-state index is 0.183. The van der Waals surface area contributed by atoms with Crippen LogP contribution in [0.15, 0.2) is 47.6 Å². The number of morpholine rings is 1. The van der Waals surface area contributed by atoms with E-state index < -0.39 is 5.82 Å². The quantitative estimate of drug-likeness (QED) is 0.640. The Labute approximate surface area is 176 Å². The van der Waals surface area contributed by atoms with Gasteiger partial charge in [0.05, 0.1) is 41.4 Å². The first kappa shape index (κ1) is 18.4. The van der Waals surface area contributed by atoms with E-state index in [0.29, 0.717) is 24.1 Å². The molecular formula is C20H16Cl2FN5O. The highest BCUT2D eigenvalue weighted by atomic mass is 35.5. The minimum Gasteiger partial charge on any atom is -0.378 e. The Kier molecular flexibility index (Phi) is 4.66. The molecule has 0 radical (unpaired) electrons. The molecule has 2 aromatic carbocycles. The van der Waals surface area contributed by atoms with E-state index in [1.165, 1.54) is 12.3 Å². The molecule has 9 heteroatoms. The van der Waals surface area contributed by atoms with Crippen LogP contribution in [0.4, 0.5) is 21.6 Å². The van der Waals surface area contributed by atoms with E-state index in [1.807, 2.05) is 18.2 Å². The highest BCUT2D eigenvalue weighted by Crippen LogP contribution is 2.37. The number of aromatic nitrogens is 2. The van der Waals surface area contributed by atoms with Gasteiger partial charge in [-0.25, -0.2) is 14.1 Å². The first-order valence-corrected chi connectivity index (χ1v) is 9.88. The number of nitrogens with zero attached hydrogens (tertiary/aromatic N) is 4. The average Bonchev–Trinajstić information content (AvgIpc) is 3.00. The first-order valence-electron chi connectivity index (χ1n) is 9.12. The van der Waals surface area contributed by atoms with Crippen LogP contribution in [0.3, 0.4) is 0 Å². The van der Waals surface area contributed by atoms with Crippen LogP contribution in [0.2, 0.25) is 10.0 Å². The molecule has 2 aliphatic rings. The number of amidine groups is 1. The number of fused-ring (bicyclic) bond motifs is 3. The summed E-state index contributed by atoms with van der Waals surface area (Å²) in [7, 11) is 0. The molecule has 3 aromatic rings. The number of benzene rings is 2. The molecule has 3 heterocycles. The third kappa shape index (κ3) is 3.25. The topological polar surface area (TPSA) is 54.7 Å². The second kappa shape index (κ2) is 7.33. The summed E-state index contributed by atoms with van der Waals surface area (Å²) < 4.78 is 21.7. The zero-order chi connectivity index (χ0) is 20.0. The smallest absolute Gasteiger partial charge is 0.176 e. The normalized spacial score (nSPS) is 15.8. The van der Waals surface area contributed by atoms with Crippen molar-refractivity contribution in [1.29, 1.82) is 0 Å². The van der Waals surface area contributed by atoms with E-state index in [4.69, 9.17) is 27.9 Å². The molecule has 0 atom stereocenters. The van der Waals surface area contributed by atoms with Crippen LogP contribution in [0.5, 0.6) is 0 Å². The van der Waals surface area contributed by atoms with Crippen molar-refractivity contribution in [3.05, 3.63) is 64.0 Å². The summed E-state index contributed by atoms with van der Waals surface area (Å²) in [5, 5.41) is 8.21. The van der Waals surface area contributed by atoms with Crippen LogP contribution < -0.4 is 10.2 Å². The number of ether oxygens (including phenoxy) is 1. The lowest BCUT2D eigenvalue weighted by molar-refractivity contribution is 0.122. The van der Waals surface area contributed by atoms with Crippen LogP contribution in [0.1, 0.15) is 5.56 Å². The van der Waals surface area contributed by atoms with Crippen molar-refractivity contribution in [2.24, 2.45) is 4.99 Å². The molecule has 0 aliphatic carbocycles. The summed E-state index contributed by atoms with van der Waals surface area (Å²) in [6.45, 7) is 3.00. The van der Waals surface area contributed by atoms with Crippen molar-refractivity contribution in [3.63, 3.8) is 0 Å². The van der Waals surface area contributed by atoms with E-state index in [-0.39, 0.29) is 16.4 Å². The summed E-state index contributed by atoms with van der Waals surface area (Å²) >= 11 is 12.6. The lowest BCUT2D eigenvalue weighted by Crippen LogP contribution is -2.36. The van der Waals surface area contributed by atoms with E-state index >= 15 is 0 Å². The Morgan fingerprint density at radius 1 is 1.07 bits per heavy atom. The second-order valence-electron chi connectivity index (χ2n) is 6.71. The maximum absolute atomic E-state index is 14.6. The monoisotopic (exact) mass is 431 g/mol. The summed E-state index contributed by atoms with van der Waals surface area (Å²) in [4.78, 5) is 6.81. The Morgan fingerprint density at radius 2 is 1.90 bits per heavy atom. The number of aliphatic imine (C=N–C) groups is 1. The third-order valence-electron chi connectivity index (χ3n) is 4.96. The van der Waals surface area contributed by atoms with Crippen LogP contribution in [0.25, 0.3) is 5.69 Å². The van der Waals surface area contributed by atoms with Crippen LogP contribution in [0, 0.1) is 5.82 Å². The van der Waals surface area contributed by atoms with Crippen LogP contribution in [-0.4, -0.2) is 41.9 Å². The molecule has 1 saturated heterocycles. The van der Waals surface area contributed by atoms with Crippen molar-refractivity contribution >= 4 is 46.2 Å². The number of nitrogens with one attached hydrogen (secondary N) is 1.